The van der Waals surface area contributed by atoms with Crippen LogP contribution >= 0.6 is 0 Å². The molecule has 0 spiro atoms. The third-order valence-electron chi connectivity index (χ3n) is 5.23. The first kappa shape index (κ1) is 22.9. The molecule has 0 unspecified atom stereocenters. The van der Waals surface area contributed by atoms with E-state index < -0.39 is 0 Å². The molecule has 34 heavy (non-hydrogen) atoms. The molecule has 0 saturated heterocycles. The van der Waals surface area contributed by atoms with Gasteiger partial charge in [-0.1, -0.05) is 44.2 Å². The van der Waals surface area contributed by atoms with Gasteiger partial charge >= 0.3 is 0 Å². The van der Waals surface area contributed by atoms with Crippen LogP contribution in [0.4, 0.5) is 5.69 Å². The van der Waals surface area contributed by atoms with Crippen LogP contribution < -0.4 is 25.0 Å². The molecule has 1 amide bonds. The Morgan fingerprint density at radius 1 is 0.971 bits per heavy atom. The molecule has 174 valence electrons. The number of nitrogens with one attached hydrogen (secondary N) is 1. The van der Waals surface area contributed by atoms with Gasteiger partial charge in [-0.15, -0.1) is 0 Å². The third kappa shape index (κ3) is 5.04. The summed E-state index contributed by atoms with van der Waals surface area (Å²) in [6.07, 6.45) is 1.29. The molecule has 0 aliphatic carbocycles. The summed E-state index contributed by atoms with van der Waals surface area (Å²) in [7, 11) is 1.53. The summed E-state index contributed by atoms with van der Waals surface area (Å²) in [5.74, 6) is 1.56. The lowest BCUT2D eigenvalue weighted by molar-refractivity contribution is -0.118. The number of carbonyl (C=O) groups excluding carboxylic acids is 1. The van der Waals surface area contributed by atoms with Crippen LogP contribution in [0.2, 0.25) is 0 Å². The normalized spacial score (nSPS) is 10.8. The van der Waals surface area contributed by atoms with E-state index in [4.69, 9.17) is 18.6 Å². The molecule has 0 aliphatic rings. The van der Waals surface area contributed by atoms with E-state index in [0.717, 1.165) is 5.56 Å². The number of amides is 1. The van der Waals surface area contributed by atoms with Crippen LogP contribution in [-0.2, 0) is 4.79 Å². The first-order chi connectivity index (χ1) is 16.5. The summed E-state index contributed by atoms with van der Waals surface area (Å²) in [5.41, 5.74) is 1.59. The molecule has 0 aliphatic heterocycles. The van der Waals surface area contributed by atoms with Crippen molar-refractivity contribution >= 4 is 22.6 Å². The minimum Gasteiger partial charge on any atom is -0.495 e. The van der Waals surface area contributed by atoms with Crippen molar-refractivity contribution in [3.63, 3.8) is 0 Å². The quantitative estimate of drug-likeness (QED) is 0.362. The second-order valence-corrected chi connectivity index (χ2v) is 7.92. The Morgan fingerprint density at radius 2 is 1.71 bits per heavy atom. The van der Waals surface area contributed by atoms with Crippen molar-refractivity contribution < 1.29 is 23.4 Å². The minimum atomic E-state index is -0.349. The number of para-hydroxylation sites is 3. The Balaban J connectivity index is 1.48. The molecule has 1 heterocycles. The summed E-state index contributed by atoms with van der Waals surface area (Å²) in [4.78, 5) is 25.2. The lowest BCUT2D eigenvalue weighted by Crippen LogP contribution is -2.20. The number of carbonyl (C=O) groups is 1. The largest absolute Gasteiger partial charge is 0.495 e. The van der Waals surface area contributed by atoms with Gasteiger partial charge in [0, 0.05) is 6.07 Å². The van der Waals surface area contributed by atoms with Gasteiger partial charge in [0.25, 0.3) is 5.91 Å². The van der Waals surface area contributed by atoms with Crippen molar-refractivity contribution in [3.8, 4) is 23.0 Å². The molecule has 0 fully saturated rings. The van der Waals surface area contributed by atoms with Crippen molar-refractivity contribution in [1.82, 2.24) is 0 Å². The van der Waals surface area contributed by atoms with Gasteiger partial charge in [-0.25, -0.2) is 0 Å². The first-order valence-electron chi connectivity index (χ1n) is 10.8. The van der Waals surface area contributed by atoms with Gasteiger partial charge in [-0.05, 0) is 41.8 Å². The second kappa shape index (κ2) is 10.1. The number of ether oxygens (including phenoxy) is 3. The number of benzene rings is 3. The predicted molar refractivity (Wildman–Crippen MR) is 130 cm³/mol. The van der Waals surface area contributed by atoms with Crippen molar-refractivity contribution in [3.05, 3.63) is 88.8 Å². The molecular formula is C27H25NO6. The predicted octanol–water partition coefficient (Wildman–Crippen LogP) is 5.73. The summed E-state index contributed by atoms with van der Waals surface area (Å²) in [6.45, 7) is 3.90. The topological polar surface area (TPSA) is 87.0 Å². The highest BCUT2D eigenvalue weighted by Crippen LogP contribution is 2.30. The van der Waals surface area contributed by atoms with Crippen LogP contribution in [0.1, 0.15) is 25.3 Å². The Bertz CT molecular complexity index is 1380. The smallest absolute Gasteiger partial charge is 0.262 e. The maximum Gasteiger partial charge on any atom is 0.262 e. The van der Waals surface area contributed by atoms with Crippen LogP contribution in [0.25, 0.3) is 11.0 Å². The van der Waals surface area contributed by atoms with E-state index in [0.29, 0.717) is 33.9 Å². The number of hydrogen-bond acceptors (Lipinski definition) is 6. The molecule has 1 N–H and O–H groups in total. The lowest BCUT2D eigenvalue weighted by Gasteiger charge is -2.13. The van der Waals surface area contributed by atoms with E-state index in [9.17, 15) is 9.59 Å². The van der Waals surface area contributed by atoms with Gasteiger partial charge in [0.15, 0.2) is 6.61 Å². The van der Waals surface area contributed by atoms with Crippen LogP contribution in [-0.4, -0.2) is 19.6 Å². The number of rotatable bonds is 8. The van der Waals surface area contributed by atoms with E-state index in [1.165, 1.54) is 13.4 Å². The molecule has 4 rings (SSSR count). The minimum absolute atomic E-state index is 0.102. The second-order valence-electron chi connectivity index (χ2n) is 7.92. The van der Waals surface area contributed by atoms with E-state index >= 15 is 0 Å². The standard InChI is InChI=1S/C27H25NO6/c1-17(2)19-8-4-6-10-22(19)34-25-15-33-24-14-18(12-13-20(24)27(25)30)32-16-26(29)28-21-9-5-7-11-23(21)31-3/h4-15,17H,16H2,1-3H3,(H,28,29). The SMILES string of the molecule is COc1ccccc1NC(=O)COc1ccc2c(=O)c(Oc3ccccc3C(C)C)coc2c1. The fourth-order valence-corrected chi connectivity index (χ4v) is 3.50. The number of anilines is 1. The third-order valence-corrected chi connectivity index (χ3v) is 5.23. The molecule has 0 bridgehead atoms. The van der Waals surface area contributed by atoms with Crippen LogP contribution in [0.15, 0.2) is 82.2 Å². The van der Waals surface area contributed by atoms with Crippen molar-refractivity contribution in [2.24, 2.45) is 0 Å². The molecule has 4 aromatic rings. The van der Waals surface area contributed by atoms with Gasteiger partial charge < -0.3 is 23.9 Å². The molecule has 0 radical (unpaired) electrons. The molecule has 0 atom stereocenters. The summed E-state index contributed by atoms with van der Waals surface area (Å²) in [5, 5.41) is 3.09. The van der Waals surface area contributed by atoms with Crippen LogP contribution in [0, 0.1) is 0 Å². The summed E-state index contributed by atoms with van der Waals surface area (Å²) >= 11 is 0. The van der Waals surface area contributed by atoms with E-state index in [2.05, 4.69) is 19.2 Å². The fourth-order valence-electron chi connectivity index (χ4n) is 3.50. The monoisotopic (exact) mass is 459 g/mol. The maximum atomic E-state index is 13.0. The van der Waals surface area contributed by atoms with Gasteiger partial charge in [-0.2, -0.15) is 0 Å². The number of methoxy groups -OCH3 is 1. The molecule has 7 heteroatoms. The average molecular weight is 459 g/mol. The maximum absolute atomic E-state index is 13.0. The summed E-state index contributed by atoms with van der Waals surface area (Å²) in [6, 6.07) is 19.5. The van der Waals surface area contributed by atoms with Gasteiger partial charge in [0.2, 0.25) is 11.2 Å². The molecule has 1 aromatic heterocycles. The van der Waals surface area contributed by atoms with E-state index in [1.807, 2.05) is 30.3 Å². The Hall–Kier alpha value is -4.26. The Morgan fingerprint density at radius 3 is 2.47 bits per heavy atom. The first-order valence-corrected chi connectivity index (χ1v) is 10.8. The molecule has 7 nitrogen and oxygen atoms in total. The molecule has 3 aromatic carbocycles. The van der Waals surface area contributed by atoms with Crippen molar-refractivity contribution in [1.29, 1.82) is 0 Å². The van der Waals surface area contributed by atoms with E-state index in [-0.39, 0.29) is 29.6 Å². The van der Waals surface area contributed by atoms with Gasteiger partial charge in [0.1, 0.15) is 29.1 Å². The van der Waals surface area contributed by atoms with Gasteiger partial charge in [0.05, 0.1) is 18.2 Å². The van der Waals surface area contributed by atoms with Crippen molar-refractivity contribution in [2.45, 2.75) is 19.8 Å². The zero-order valence-electron chi connectivity index (χ0n) is 19.2. The fraction of sp³-hybridized carbons (Fsp3) is 0.185. The van der Waals surface area contributed by atoms with E-state index in [1.54, 1.807) is 36.4 Å². The van der Waals surface area contributed by atoms with Crippen LogP contribution in [0.3, 0.4) is 0 Å². The highest BCUT2D eigenvalue weighted by atomic mass is 16.5. The molecule has 0 saturated carbocycles. The Kier molecular flexibility index (Phi) is 6.82. The number of fused-ring (bicyclic) bond motifs is 1. The zero-order valence-corrected chi connectivity index (χ0v) is 19.2. The lowest BCUT2D eigenvalue weighted by atomic mass is 10.0. The zero-order chi connectivity index (χ0) is 24.1. The highest BCUT2D eigenvalue weighted by Gasteiger charge is 2.14. The highest BCUT2D eigenvalue weighted by molar-refractivity contribution is 5.93. The summed E-state index contributed by atoms with van der Waals surface area (Å²) < 4.78 is 22.4. The van der Waals surface area contributed by atoms with Crippen LogP contribution in [0.5, 0.6) is 23.0 Å². The average Bonchev–Trinajstić information content (AvgIpc) is 2.85. The number of hydrogen-bond donors (Lipinski definition) is 1. The van der Waals surface area contributed by atoms with Crippen molar-refractivity contribution in [2.75, 3.05) is 19.0 Å². The molecular weight excluding hydrogens is 434 g/mol. The van der Waals surface area contributed by atoms with Gasteiger partial charge in [-0.3, -0.25) is 9.59 Å². The Labute approximate surface area is 196 Å².